The number of nitrogens with zero attached hydrogens (tertiary/aromatic N) is 2. The van der Waals surface area contributed by atoms with Crippen molar-refractivity contribution in [3.05, 3.63) is 40.7 Å². The van der Waals surface area contributed by atoms with Gasteiger partial charge in [-0.1, -0.05) is 51.8 Å². The van der Waals surface area contributed by atoms with E-state index in [0.717, 1.165) is 25.8 Å². The van der Waals surface area contributed by atoms with Crippen molar-refractivity contribution in [2.24, 2.45) is 11.8 Å². The number of halogens is 2. The van der Waals surface area contributed by atoms with E-state index in [9.17, 15) is 18.8 Å². The number of likely N-dealkylation sites (N-methyl/N-ethyl adjacent to an activating group) is 1. The number of carbonyl (C=O) groups excluding carboxylic acids is 3. The number of nitrogens with one attached hydrogen (secondary N) is 2. The molecular formula is C29H44ClFN4O3. The monoisotopic (exact) mass is 550 g/mol. The molecule has 0 radical (unpaired) electrons. The van der Waals surface area contributed by atoms with Crippen molar-refractivity contribution >= 4 is 35.0 Å². The molecule has 3 atom stereocenters. The van der Waals surface area contributed by atoms with Gasteiger partial charge in [0.2, 0.25) is 11.8 Å². The van der Waals surface area contributed by atoms with Crippen LogP contribution in [0.5, 0.6) is 0 Å². The predicted octanol–water partition coefficient (Wildman–Crippen LogP) is 5.25. The zero-order chi connectivity index (χ0) is 28.7. The molecule has 9 heteroatoms. The number of benzene rings is 1. The lowest BCUT2D eigenvalue weighted by Gasteiger charge is -2.39. The van der Waals surface area contributed by atoms with E-state index in [1.807, 2.05) is 27.7 Å². The van der Waals surface area contributed by atoms with E-state index in [2.05, 4.69) is 29.4 Å². The van der Waals surface area contributed by atoms with Crippen LogP contribution in [0, 0.1) is 17.7 Å². The van der Waals surface area contributed by atoms with E-state index in [0.29, 0.717) is 11.3 Å². The lowest BCUT2D eigenvalue weighted by atomic mass is 9.95. The number of rotatable bonds is 10. The summed E-state index contributed by atoms with van der Waals surface area (Å²) in [5, 5.41) is 5.68. The summed E-state index contributed by atoms with van der Waals surface area (Å²) in [6.45, 7) is 14.5. The van der Waals surface area contributed by atoms with Gasteiger partial charge >= 0.3 is 0 Å². The molecule has 1 aliphatic heterocycles. The molecule has 38 heavy (non-hydrogen) atoms. The average molecular weight is 551 g/mol. The molecule has 1 saturated heterocycles. The molecule has 1 aromatic carbocycles. The molecule has 0 bridgehead atoms. The average Bonchev–Trinajstić information content (AvgIpc) is 2.86. The highest BCUT2D eigenvalue weighted by Gasteiger charge is 2.36. The van der Waals surface area contributed by atoms with Crippen LogP contribution in [-0.4, -0.2) is 65.3 Å². The van der Waals surface area contributed by atoms with Gasteiger partial charge in [0.15, 0.2) is 0 Å². The first-order valence-corrected chi connectivity index (χ1v) is 13.9. The van der Waals surface area contributed by atoms with Gasteiger partial charge < -0.3 is 15.5 Å². The Balaban J connectivity index is 2.19. The van der Waals surface area contributed by atoms with Crippen LogP contribution in [-0.2, 0) is 14.4 Å². The highest BCUT2D eigenvalue weighted by atomic mass is 35.5. The molecular weight excluding hydrogens is 507 g/mol. The SMILES string of the molecule is C/C(=C\[C@H](C(C)C)N(C)C(=O)[C@@H](NC(=O)C1CCCCN1C(C)C)C(C)C)C(=O)Nc1ccc(F)c(Cl)c1. The van der Waals surface area contributed by atoms with Crippen LogP contribution in [0.2, 0.25) is 5.02 Å². The van der Waals surface area contributed by atoms with Gasteiger partial charge in [-0.15, -0.1) is 0 Å². The summed E-state index contributed by atoms with van der Waals surface area (Å²) < 4.78 is 13.5. The standard InChI is InChI=1S/C29H44ClFN4O3/c1-17(2)25(15-20(7)27(36)32-21-12-13-23(31)22(30)16-21)34(8)29(38)26(18(3)4)33-28(37)24-11-9-10-14-35(24)19(5)6/h12-13,15-19,24-26H,9-11,14H2,1-8H3,(H,32,36)(H,33,37)/b20-15+/t24?,25-,26+/m1/s1. The summed E-state index contributed by atoms with van der Waals surface area (Å²) in [7, 11) is 1.71. The molecule has 1 unspecified atom stereocenters. The topological polar surface area (TPSA) is 81.8 Å². The molecule has 0 aliphatic carbocycles. The molecule has 0 saturated carbocycles. The first-order chi connectivity index (χ1) is 17.7. The predicted molar refractivity (Wildman–Crippen MR) is 151 cm³/mol. The summed E-state index contributed by atoms with van der Waals surface area (Å²) in [4.78, 5) is 43.7. The van der Waals surface area contributed by atoms with Crippen molar-refractivity contribution in [3.63, 3.8) is 0 Å². The van der Waals surface area contributed by atoms with Crippen molar-refractivity contribution in [1.82, 2.24) is 15.1 Å². The van der Waals surface area contributed by atoms with E-state index < -0.39 is 11.9 Å². The van der Waals surface area contributed by atoms with Crippen molar-refractivity contribution in [3.8, 4) is 0 Å². The van der Waals surface area contributed by atoms with Crippen LogP contribution < -0.4 is 10.6 Å². The highest BCUT2D eigenvalue weighted by molar-refractivity contribution is 6.31. The van der Waals surface area contributed by atoms with Crippen molar-refractivity contribution in [2.45, 2.75) is 91.9 Å². The Morgan fingerprint density at radius 1 is 1.11 bits per heavy atom. The van der Waals surface area contributed by atoms with Crippen molar-refractivity contribution < 1.29 is 18.8 Å². The van der Waals surface area contributed by atoms with E-state index in [-0.39, 0.29) is 52.7 Å². The Labute approximate surface area is 232 Å². The molecule has 0 spiro atoms. The fraction of sp³-hybridized carbons (Fsp3) is 0.621. The van der Waals surface area contributed by atoms with Gasteiger partial charge in [-0.25, -0.2) is 4.39 Å². The number of likely N-dealkylation sites (tertiary alicyclic amines) is 1. The molecule has 1 aliphatic rings. The van der Waals surface area contributed by atoms with Gasteiger partial charge in [-0.05, 0) is 70.2 Å². The molecule has 2 rings (SSSR count). The fourth-order valence-electron chi connectivity index (χ4n) is 4.87. The molecule has 7 nitrogen and oxygen atoms in total. The van der Waals surface area contributed by atoms with Crippen LogP contribution in [0.25, 0.3) is 0 Å². The van der Waals surface area contributed by atoms with Gasteiger partial charge in [-0.3, -0.25) is 19.3 Å². The number of amides is 3. The number of hydrogen-bond acceptors (Lipinski definition) is 4. The maximum Gasteiger partial charge on any atom is 0.251 e. The fourth-order valence-corrected chi connectivity index (χ4v) is 5.05. The summed E-state index contributed by atoms with van der Waals surface area (Å²) in [6, 6.07) is 2.91. The van der Waals surface area contributed by atoms with E-state index in [1.54, 1.807) is 24.9 Å². The Bertz CT molecular complexity index is 1030. The highest BCUT2D eigenvalue weighted by Crippen LogP contribution is 2.23. The summed E-state index contributed by atoms with van der Waals surface area (Å²) in [5.74, 6) is -1.36. The van der Waals surface area contributed by atoms with E-state index >= 15 is 0 Å². The first kappa shape index (κ1) is 31.8. The minimum absolute atomic E-state index is 0.00487. The molecule has 1 heterocycles. The number of piperidine rings is 1. The Hall–Kier alpha value is -2.45. The third-order valence-corrected chi connectivity index (χ3v) is 7.46. The van der Waals surface area contributed by atoms with Crippen LogP contribution in [0.15, 0.2) is 29.8 Å². The van der Waals surface area contributed by atoms with Crippen molar-refractivity contribution in [2.75, 3.05) is 18.9 Å². The normalized spacial score (nSPS) is 18.4. The zero-order valence-electron chi connectivity index (χ0n) is 24.0. The smallest absolute Gasteiger partial charge is 0.251 e. The largest absolute Gasteiger partial charge is 0.343 e. The number of hydrogen-bond donors (Lipinski definition) is 2. The Morgan fingerprint density at radius 2 is 1.76 bits per heavy atom. The number of anilines is 1. The first-order valence-electron chi connectivity index (χ1n) is 13.5. The summed E-state index contributed by atoms with van der Waals surface area (Å²) in [5.41, 5.74) is 0.782. The molecule has 1 fully saturated rings. The van der Waals surface area contributed by atoms with Gasteiger partial charge in [0.05, 0.1) is 17.1 Å². The van der Waals surface area contributed by atoms with Crippen LogP contribution in [0.1, 0.15) is 67.7 Å². The van der Waals surface area contributed by atoms with Crippen LogP contribution in [0.3, 0.4) is 0 Å². The second-order valence-electron chi connectivity index (χ2n) is 11.2. The maximum atomic E-state index is 13.7. The third kappa shape index (κ3) is 8.27. The second kappa shape index (κ2) is 14.1. The molecule has 0 aromatic heterocycles. The Kier molecular flexibility index (Phi) is 11.8. The summed E-state index contributed by atoms with van der Waals surface area (Å²) >= 11 is 5.83. The van der Waals surface area contributed by atoms with Crippen LogP contribution >= 0.6 is 11.6 Å². The third-order valence-electron chi connectivity index (χ3n) is 7.17. The van der Waals surface area contributed by atoms with Crippen LogP contribution in [0.4, 0.5) is 10.1 Å². The van der Waals surface area contributed by atoms with Gasteiger partial charge in [0.25, 0.3) is 5.91 Å². The molecule has 212 valence electrons. The zero-order valence-corrected chi connectivity index (χ0v) is 24.7. The summed E-state index contributed by atoms with van der Waals surface area (Å²) in [6.07, 6.45) is 4.60. The molecule has 2 N–H and O–H groups in total. The quantitative estimate of drug-likeness (QED) is 0.390. The second-order valence-corrected chi connectivity index (χ2v) is 11.6. The van der Waals surface area contributed by atoms with E-state index in [1.165, 1.54) is 18.2 Å². The molecule has 3 amide bonds. The maximum absolute atomic E-state index is 13.7. The van der Waals surface area contributed by atoms with Crippen molar-refractivity contribution in [1.29, 1.82) is 0 Å². The number of carbonyl (C=O) groups is 3. The van der Waals surface area contributed by atoms with Gasteiger partial charge in [0, 0.05) is 24.4 Å². The minimum Gasteiger partial charge on any atom is -0.343 e. The van der Waals surface area contributed by atoms with Gasteiger partial charge in [0.1, 0.15) is 11.9 Å². The molecule has 1 aromatic rings. The van der Waals surface area contributed by atoms with Gasteiger partial charge in [-0.2, -0.15) is 0 Å². The van der Waals surface area contributed by atoms with E-state index in [4.69, 9.17) is 11.6 Å². The minimum atomic E-state index is -0.687. The lowest BCUT2D eigenvalue weighted by Crippen LogP contribution is -2.58. The Morgan fingerprint density at radius 3 is 2.32 bits per heavy atom. The lowest BCUT2D eigenvalue weighted by molar-refractivity contribution is -0.140.